The van der Waals surface area contributed by atoms with Crippen molar-refractivity contribution >= 4 is 0 Å². The van der Waals surface area contributed by atoms with Crippen LogP contribution >= 0.6 is 0 Å². The van der Waals surface area contributed by atoms with Crippen LogP contribution in [0.2, 0.25) is 0 Å². The first-order valence-electron chi connectivity index (χ1n) is 26.9. The molecular weight excluding hydrogens is 981 g/mol. The molecule has 13 N–H and O–H groups in total. The summed E-state index contributed by atoms with van der Waals surface area (Å²) in [5.74, 6) is 0.123. The number of hydrogen-bond acceptors (Lipinski definition) is 23. The third-order valence-corrected chi connectivity index (χ3v) is 19.8. The summed E-state index contributed by atoms with van der Waals surface area (Å²) in [5.41, 5.74) is -0.0885. The van der Waals surface area contributed by atoms with Crippen LogP contribution in [0.5, 0.6) is 0 Å². The Morgan fingerprint density at radius 2 is 1.20 bits per heavy atom. The van der Waals surface area contributed by atoms with Gasteiger partial charge in [-0.15, -0.1) is 0 Å². The Labute approximate surface area is 430 Å². The minimum Gasteiger partial charge on any atom is -0.394 e. The zero-order valence-electron chi connectivity index (χ0n) is 42.9. The van der Waals surface area contributed by atoms with E-state index in [1.807, 2.05) is 0 Å². The fourth-order valence-corrected chi connectivity index (χ4v) is 15.6. The van der Waals surface area contributed by atoms with Gasteiger partial charge in [0.05, 0.1) is 49.8 Å². The summed E-state index contributed by atoms with van der Waals surface area (Å²) in [6.45, 7) is 10.1. The molecule has 6 heterocycles. The van der Waals surface area contributed by atoms with Crippen molar-refractivity contribution in [3.63, 3.8) is 0 Å². The molecule has 3 saturated carbocycles. The van der Waals surface area contributed by atoms with Crippen molar-refractivity contribution in [2.75, 3.05) is 19.8 Å². The van der Waals surface area contributed by atoms with Crippen LogP contribution in [0.1, 0.15) is 92.9 Å². The molecule has 0 unspecified atom stereocenters. The molecule has 0 amide bonds. The van der Waals surface area contributed by atoms with Gasteiger partial charge in [-0.2, -0.15) is 0 Å². The lowest BCUT2D eigenvalue weighted by Gasteiger charge is -2.59. The Morgan fingerprint density at radius 3 is 1.88 bits per heavy atom. The largest absolute Gasteiger partial charge is 0.394 e. The Morgan fingerprint density at radius 1 is 0.608 bits per heavy atom. The monoisotopic (exact) mass is 1060 g/mol. The lowest BCUT2D eigenvalue weighted by molar-refractivity contribution is -0.398. The van der Waals surface area contributed by atoms with Gasteiger partial charge in [-0.25, -0.2) is 0 Å². The second-order valence-electron chi connectivity index (χ2n) is 24.3. The summed E-state index contributed by atoms with van der Waals surface area (Å²) < 4.78 is 61.9. The van der Waals surface area contributed by atoms with Crippen LogP contribution < -0.4 is 0 Å². The maximum atomic E-state index is 11.8. The summed E-state index contributed by atoms with van der Waals surface area (Å²) in [6.07, 6.45) is -25.3. The Bertz CT molecular complexity index is 2000. The molecule has 0 aromatic rings. The zero-order valence-corrected chi connectivity index (χ0v) is 42.9. The molecule has 4 aliphatic carbocycles. The van der Waals surface area contributed by atoms with Crippen molar-refractivity contribution in [1.29, 1.82) is 0 Å². The maximum Gasteiger partial charge on any atom is 0.197 e. The number of fused-ring (bicyclic) bond motifs is 7. The second-order valence-corrected chi connectivity index (χ2v) is 24.3. The normalized spacial score (nSPS) is 58.6. The van der Waals surface area contributed by atoms with Crippen LogP contribution in [0.15, 0.2) is 11.6 Å². The quantitative estimate of drug-likeness (QED) is 0.0980. The summed E-state index contributed by atoms with van der Waals surface area (Å²) >= 11 is 0. The predicted molar refractivity (Wildman–Crippen MR) is 248 cm³/mol. The summed E-state index contributed by atoms with van der Waals surface area (Å²) in [5, 5.41) is 141. The molecule has 0 aromatic carbocycles. The average Bonchev–Trinajstić information content (AvgIpc) is 3.82. The third-order valence-electron chi connectivity index (χ3n) is 19.8. The molecule has 6 saturated heterocycles. The van der Waals surface area contributed by atoms with Gasteiger partial charge in [-0.1, -0.05) is 32.4 Å². The highest BCUT2D eigenvalue weighted by atomic mass is 16.8. The standard InChI is InChI=1S/C51H82O23/c1-19-31-27(74-51(19)30(54)15-48(4,64)18-65-51)14-26-24-8-7-22-13-23(9-11-49(22,5)25(24)10-12-50(26,31)6)68-47-43(73-44-38(61)35(58)32(55)20(2)66-44)42(34(57)29(17-53)70-47)72-45-40(63)37(60)41(21(3)67-45)71-46-39(62)36(59)33(56)28(16-52)69-46/h7,19-21,23-47,52-64H,8-18H2,1-6H3/t19-,20+,21+,23-,24+,25-,26-,27-,28-,29-,30-,31-,32+,33-,34-,35-,36+,37+,38-,39-,40-,41+,42+,43-,44+,45+,46+,47-,48-,49-,50-,51+/m1/s1. The minimum atomic E-state index is -1.94. The molecule has 0 aromatic heterocycles. The Kier molecular flexibility index (Phi) is 15.7. The van der Waals surface area contributed by atoms with E-state index in [0.29, 0.717) is 30.6 Å². The van der Waals surface area contributed by atoms with Crippen LogP contribution in [0, 0.1) is 40.4 Å². The van der Waals surface area contributed by atoms with Crippen molar-refractivity contribution in [2.24, 2.45) is 40.4 Å². The molecule has 32 atom stereocenters. The maximum absolute atomic E-state index is 11.8. The van der Waals surface area contributed by atoms with Gasteiger partial charge in [0.1, 0.15) is 91.6 Å². The lowest BCUT2D eigenvalue weighted by Crippen LogP contribution is -2.67. The van der Waals surface area contributed by atoms with E-state index in [2.05, 4.69) is 26.8 Å². The van der Waals surface area contributed by atoms with Gasteiger partial charge in [0.2, 0.25) is 0 Å². The molecule has 23 heteroatoms. The topological polar surface area (TPSA) is 355 Å². The number of ether oxygens (including phenoxy) is 10. The van der Waals surface area contributed by atoms with Crippen LogP contribution in [0.3, 0.4) is 0 Å². The number of hydrogen-bond donors (Lipinski definition) is 13. The fourth-order valence-electron chi connectivity index (χ4n) is 15.6. The smallest absolute Gasteiger partial charge is 0.197 e. The van der Waals surface area contributed by atoms with Crippen molar-refractivity contribution < 1.29 is 114 Å². The van der Waals surface area contributed by atoms with Crippen molar-refractivity contribution in [3.8, 4) is 0 Å². The number of aliphatic hydroxyl groups excluding tert-OH is 12. The first kappa shape index (κ1) is 56.1. The molecule has 0 bridgehead atoms. The number of allylic oxidation sites excluding steroid dienone is 1. The molecule has 10 aliphatic rings. The van der Waals surface area contributed by atoms with E-state index in [4.69, 9.17) is 47.4 Å². The van der Waals surface area contributed by atoms with Crippen molar-refractivity contribution in [1.82, 2.24) is 0 Å². The van der Waals surface area contributed by atoms with Crippen LogP contribution in [-0.2, 0) is 47.4 Å². The van der Waals surface area contributed by atoms with E-state index < -0.39 is 160 Å². The van der Waals surface area contributed by atoms with Gasteiger partial charge in [0, 0.05) is 12.3 Å². The predicted octanol–water partition coefficient (Wildman–Crippen LogP) is -2.85. The summed E-state index contributed by atoms with van der Waals surface area (Å²) in [7, 11) is 0. The molecule has 9 fully saturated rings. The highest BCUT2D eigenvalue weighted by molar-refractivity contribution is 5.27. The minimum absolute atomic E-state index is 0.0422. The summed E-state index contributed by atoms with van der Waals surface area (Å²) in [6, 6.07) is 0. The first-order valence-corrected chi connectivity index (χ1v) is 26.9. The molecule has 74 heavy (non-hydrogen) atoms. The van der Waals surface area contributed by atoms with Crippen LogP contribution in [-0.4, -0.2) is 239 Å². The van der Waals surface area contributed by atoms with Crippen molar-refractivity contribution in [2.45, 2.75) is 245 Å². The van der Waals surface area contributed by atoms with Gasteiger partial charge in [-0.3, -0.25) is 0 Å². The highest BCUT2D eigenvalue weighted by Gasteiger charge is 2.71. The SMILES string of the molecule is C[C@@H]1O[C@@H](O[C@H]2[C@H](O[C@@H]3CC[C@]4(C)C(=CC[C@@H]5[C@H]6C[C@H]7O[C@@]8(OC[C@](C)(O)C[C@H]8O)[C@H](C)[C@H]7[C@]6(C)CC[C@H]54)C3)O[C@H](CO)[C@@H](O)[C@@H]2O[C@@H]2O[C@@H](C)[C@H](O[C@@H]3O[C@H](CO)[C@@H](O)[C@H](O)[C@H]3O)[C@@H](O)[C@H]2O)[C@H](O)[C@H](O)[C@H]1O. The number of rotatable bonds is 10. The van der Waals surface area contributed by atoms with Gasteiger partial charge in [0.25, 0.3) is 0 Å². The molecule has 10 rings (SSSR count). The molecular formula is C51H82O23. The van der Waals surface area contributed by atoms with E-state index in [9.17, 15) is 66.4 Å². The second kappa shape index (κ2) is 20.7. The number of aliphatic hydroxyl groups is 13. The van der Waals surface area contributed by atoms with Gasteiger partial charge in [-0.05, 0) is 100 Å². The fraction of sp³-hybridized carbons (Fsp3) is 0.961. The van der Waals surface area contributed by atoms with Crippen LogP contribution in [0.25, 0.3) is 0 Å². The lowest BCUT2D eigenvalue weighted by atomic mass is 9.47. The van der Waals surface area contributed by atoms with E-state index in [1.54, 1.807) is 6.92 Å². The third kappa shape index (κ3) is 9.29. The Balaban J connectivity index is 0.860. The van der Waals surface area contributed by atoms with Gasteiger partial charge >= 0.3 is 0 Å². The van der Waals surface area contributed by atoms with Gasteiger partial charge in [0.15, 0.2) is 30.9 Å². The van der Waals surface area contributed by atoms with E-state index >= 15 is 0 Å². The van der Waals surface area contributed by atoms with Gasteiger partial charge < -0.3 is 114 Å². The Hall–Kier alpha value is -1.18. The van der Waals surface area contributed by atoms with E-state index in [1.165, 1.54) is 19.4 Å². The highest BCUT2D eigenvalue weighted by Crippen LogP contribution is 2.71. The molecule has 6 aliphatic heterocycles. The molecule has 1 spiro atoms. The first-order chi connectivity index (χ1) is 34.9. The van der Waals surface area contributed by atoms with Crippen molar-refractivity contribution in [3.05, 3.63) is 11.6 Å². The molecule has 0 radical (unpaired) electrons. The average molecular weight is 1060 g/mol. The summed E-state index contributed by atoms with van der Waals surface area (Å²) in [4.78, 5) is 0. The zero-order chi connectivity index (χ0) is 53.3. The molecule has 23 nitrogen and oxygen atoms in total. The van der Waals surface area contributed by atoms with Crippen LogP contribution in [0.4, 0.5) is 0 Å². The van der Waals surface area contributed by atoms with E-state index in [-0.39, 0.29) is 41.8 Å². The molecule has 424 valence electrons. The van der Waals surface area contributed by atoms with E-state index in [0.717, 1.165) is 32.1 Å².